The van der Waals surface area contributed by atoms with Crippen LogP contribution in [0.3, 0.4) is 0 Å². The molecule has 2 aliphatic rings. The Morgan fingerprint density at radius 1 is 1.16 bits per heavy atom. The second kappa shape index (κ2) is 8.24. The first-order valence-corrected chi connectivity index (χ1v) is 11.2. The Balaban J connectivity index is 1.51. The van der Waals surface area contributed by atoms with Crippen molar-refractivity contribution in [2.24, 2.45) is 0 Å². The molecule has 160 valence electrons. The number of rotatable bonds is 4. The third kappa shape index (κ3) is 3.75. The first-order valence-electron chi connectivity index (χ1n) is 10.4. The van der Waals surface area contributed by atoms with Crippen LogP contribution in [-0.4, -0.2) is 53.6 Å². The van der Waals surface area contributed by atoms with Crippen molar-refractivity contribution < 1.29 is 14.5 Å². The van der Waals surface area contributed by atoms with Gasteiger partial charge in [0.05, 0.1) is 45.6 Å². The van der Waals surface area contributed by atoms with Crippen LogP contribution in [0.5, 0.6) is 0 Å². The molecule has 0 spiro atoms. The minimum Gasteiger partial charge on any atom is -0.378 e. The van der Waals surface area contributed by atoms with Crippen LogP contribution in [0.1, 0.15) is 34.2 Å². The van der Waals surface area contributed by atoms with E-state index in [4.69, 9.17) is 9.72 Å². The van der Waals surface area contributed by atoms with Crippen molar-refractivity contribution in [3.8, 4) is 0 Å². The number of carbonyl (C=O) groups is 1. The predicted molar refractivity (Wildman–Crippen MR) is 119 cm³/mol. The summed E-state index contributed by atoms with van der Waals surface area (Å²) in [6, 6.07) is 12.4. The Bertz CT molecular complexity index is 1110. The second-order valence-electron chi connectivity index (χ2n) is 7.73. The minimum atomic E-state index is -0.450. The first-order chi connectivity index (χ1) is 15.1. The van der Waals surface area contributed by atoms with Gasteiger partial charge in [-0.3, -0.25) is 14.9 Å². The molecule has 0 N–H and O–H groups in total. The molecule has 2 aromatic carbocycles. The summed E-state index contributed by atoms with van der Waals surface area (Å²) in [5.74, 6) is -0.174. The number of anilines is 1. The number of hydrogen-bond donors (Lipinski definition) is 0. The van der Waals surface area contributed by atoms with Crippen LogP contribution in [0.4, 0.5) is 11.4 Å². The monoisotopic (exact) mass is 438 g/mol. The van der Waals surface area contributed by atoms with Gasteiger partial charge in [-0.1, -0.05) is 12.1 Å². The number of nitro groups is 1. The largest absolute Gasteiger partial charge is 0.378 e. The molecule has 3 aromatic rings. The van der Waals surface area contributed by atoms with E-state index in [9.17, 15) is 14.9 Å². The van der Waals surface area contributed by atoms with Crippen LogP contribution in [0.15, 0.2) is 42.5 Å². The summed E-state index contributed by atoms with van der Waals surface area (Å²) in [4.78, 5) is 33.3. The van der Waals surface area contributed by atoms with Gasteiger partial charge in [0.25, 0.3) is 11.6 Å². The molecule has 0 bridgehead atoms. The highest BCUT2D eigenvalue weighted by molar-refractivity contribution is 7.18. The maximum Gasteiger partial charge on any atom is 0.270 e. The van der Waals surface area contributed by atoms with Gasteiger partial charge >= 0.3 is 0 Å². The van der Waals surface area contributed by atoms with Gasteiger partial charge in [-0.15, -0.1) is 11.3 Å². The van der Waals surface area contributed by atoms with E-state index < -0.39 is 4.92 Å². The van der Waals surface area contributed by atoms with Crippen LogP contribution < -0.4 is 4.90 Å². The highest BCUT2D eigenvalue weighted by Crippen LogP contribution is 2.38. The standard InChI is InChI=1S/C22H22N4O4S/c27-22(16-14-15(26(28)29)7-8-18(16)24-10-12-30-13-11-24)25-9-3-5-19(25)21-23-17-4-1-2-6-20(17)31-21/h1-2,4,6-8,14,19H,3,5,9-13H2. The van der Waals surface area contributed by atoms with Crippen molar-refractivity contribution in [2.75, 3.05) is 37.7 Å². The molecule has 0 radical (unpaired) electrons. The van der Waals surface area contributed by atoms with E-state index in [0.29, 0.717) is 38.4 Å². The number of nitrogens with zero attached hydrogens (tertiary/aromatic N) is 4. The van der Waals surface area contributed by atoms with Gasteiger partial charge in [0.2, 0.25) is 0 Å². The number of hydrogen-bond acceptors (Lipinski definition) is 7. The van der Waals surface area contributed by atoms with Gasteiger partial charge in [-0.05, 0) is 31.0 Å². The zero-order valence-corrected chi connectivity index (χ0v) is 17.7. The van der Waals surface area contributed by atoms with E-state index in [1.54, 1.807) is 17.4 Å². The Hall–Kier alpha value is -3.04. The number of thiazole rings is 1. The average Bonchev–Trinajstić information content (AvgIpc) is 3.45. The van der Waals surface area contributed by atoms with Crippen LogP contribution in [-0.2, 0) is 4.74 Å². The molecule has 0 saturated carbocycles. The number of aromatic nitrogens is 1. The van der Waals surface area contributed by atoms with Gasteiger partial charge in [0.1, 0.15) is 5.01 Å². The van der Waals surface area contributed by atoms with Crippen molar-refractivity contribution in [2.45, 2.75) is 18.9 Å². The Morgan fingerprint density at radius 3 is 2.74 bits per heavy atom. The number of ether oxygens (including phenoxy) is 1. The van der Waals surface area contributed by atoms with Crippen molar-refractivity contribution >= 4 is 38.8 Å². The molecule has 1 aromatic heterocycles. The molecule has 0 aliphatic carbocycles. The molecule has 1 unspecified atom stereocenters. The van der Waals surface area contributed by atoms with E-state index in [1.165, 1.54) is 12.1 Å². The fourth-order valence-electron chi connectivity index (χ4n) is 4.34. The van der Waals surface area contributed by atoms with Crippen molar-refractivity contribution in [3.05, 3.63) is 63.1 Å². The molecular weight excluding hydrogens is 416 g/mol. The fraction of sp³-hybridized carbons (Fsp3) is 0.364. The van der Waals surface area contributed by atoms with Crippen molar-refractivity contribution in [3.63, 3.8) is 0 Å². The van der Waals surface area contributed by atoms with Gasteiger partial charge in [0, 0.05) is 31.8 Å². The van der Waals surface area contributed by atoms with Crippen LogP contribution in [0.25, 0.3) is 10.2 Å². The number of amides is 1. The summed E-state index contributed by atoms with van der Waals surface area (Å²) in [5.41, 5.74) is 1.97. The normalized spacial score (nSPS) is 19.2. The van der Waals surface area contributed by atoms with E-state index in [1.807, 2.05) is 29.2 Å². The zero-order valence-electron chi connectivity index (χ0n) is 16.9. The smallest absolute Gasteiger partial charge is 0.270 e. The third-order valence-corrected chi connectivity index (χ3v) is 7.02. The molecule has 9 heteroatoms. The van der Waals surface area contributed by atoms with Crippen LogP contribution in [0.2, 0.25) is 0 Å². The number of morpholine rings is 1. The molecule has 5 rings (SSSR count). The van der Waals surface area contributed by atoms with Gasteiger partial charge in [-0.2, -0.15) is 0 Å². The van der Waals surface area contributed by atoms with Crippen molar-refractivity contribution in [1.29, 1.82) is 0 Å². The lowest BCUT2D eigenvalue weighted by Gasteiger charge is -2.31. The van der Waals surface area contributed by atoms with E-state index in [-0.39, 0.29) is 17.6 Å². The third-order valence-electron chi connectivity index (χ3n) is 5.88. The fourth-order valence-corrected chi connectivity index (χ4v) is 5.46. The Morgan fingerprint density at radius 2 is 1.97 bits per heavy atom. The summed E-state index contributed by atoms with van der Waals surface area (Å²) in [6.07, 6.45) is 1.72. The maximum atomic E-state index is 13.7. The number of fused-ring (bicyclic) bond motifs is 1. The summed E-state index contributed by atoms with van der Waals surface area (Å²) >= 11 is 1.61. The highest BCUT2D eigenvalue weighted by Gasteiger charge is 2.35. The van der Waals surface area contributed by atoms with Crippen LogP contribution >= 0.6 is 11.3 Å². The number of likely N-dealkylation sites (tertiary alicyclic amines) is 1. The maximum absolute atomic E-state index is 13.7. The lowest BCUT2D eigenvalue weighted by atomic mass is 10.1. The van der Waals surface area contributed by atoms with E-state index >= 15 is 0 Å². The highest BCUT2D eigenvalue weighted by atomic mass is 32.1. The average molecular weight is 439 g/mol. The number of benzene rings is 2. The van der Waals surface area contributed by atoms with E-state index in [2.05, 4.69) is 4.90 Å². The molecule has 8 nitrogen and oxygen atoms in total. The molecule has 1 atom stereocenters. The number of carbonyl (C=O) groups excluding carboxylic acids is 1. The molecular formula is C22H22N4O4S. The van der Waals surface area contributed by atoms with Crippen LogP contribution in [0, 0.1) is 10.1 Å². The number of para-hydroxylation sites is 1. The molecule has 2 saturated heterocycles. The first kappa shape index (κ1) is 19.9. The van der Waals surface area contributed by atoms with Crippen molar-refractivity contribution in [1.82, 2.24) is 9.88 Å². The summed E-state index contributed by atoms with van der Waals surface area (Å²) in [6.45, 7) is 3.06. The lowest BCUT2D eigenvalue weighted by Crippen LogP contribution is -2.38. The SMILES string of the molecule is O=C(c1cc([N+](=O)[O-])ccc1N1CCOCC1)N1CCCC1c1nc2ccccc2s1. The number of non-ortho nitro benzene ring substituents is 1. The quantitative estimate of drug-likeness (QED) is 0.452. The van der Waals surface area contributed by atoms with Gasteiger partial charge in [0.15, 0.2) is 0 Å². The summed E-state index contributed by atoms with van der Waals surface area (Å²) in [5, 5.41) is 12.3. The summed E-state index contributed by atoms with van der Waals surface area (Å²) < 4.78 is 6.53. The van der Waals surface area contributed by atoms with Gasteiger partial charge in [-0.25, -0.2) is 4.98 Å². The zero-order chi connectivity index (χ0) is 21.4. The Kier molecular flexibility index (Phi) is 5.29. The van der Waals surface area contributed by atoms with E-state index in [0.717, 1.165) is 33.8 Å². The van der Waals surface area contributed by atoms with Gasteiger partial charge < -0.3 is 14.5 Å². The molecule has 2 fully saturated rings. The molecule has 3 heterocycles. The number of nitro benzene ring substituents is 1. The minimum absolute atomic E-state index is 0.0731. The predicted octanol–water partition coefficient (Wildman–Crippen LogP) is 4.02. The molecule has 2 aliphatic heterocycles. The second-order valence-corrected chi connectivity index (χ2v) is 8.80. The molecule has 1 amide bonds. The molecule has 31 heavy (non-hydrogen) atoms. The topological polar surface area (TPSA) is 88.8 Å². The summed E-state index contributed by atoms with van der Waals surface area (Å²) in [7, 11) is 0. The lowest BCUT2D eigenvalue weighted by molar-refractivity contribution is -0.384. The Labute approximate surface area is 183 Å².